The first-order valence-electron chi connectivity index (χ1n) is 10.5. The maximum Gasteiger partial charge on any atom is 0.0463 e. The summed E-state index contributed by atoms with van der Waals surface area (Å²) in [5.74, 6) is 8.00. The molecular formula is C30H24N2. The molecule has 0 heterocycles. The minimum Gasteiger partial charge on any atom is -0.356 e. The molecule has 0 saturated heterocycles. The van der Waals surface area contributed by atoms with Crippen LogP contribution in [0.25, 0.3) is 0 Å². The Kier molecular flexibility index (Phi) is 6.26. The summed E-state index contributed by atoms with van der Waals surface area (Å²) in [6.45, 7) is 4.19. The molecule has 4 aromatic rings. The van der Waals surface area contributed by atoms with Gasteiger partial charge in [0.25, 0.3) is 0 Å². The molecule has 4 aromatic carbocycles. The van der Waals surface area contributed by atoms with E-state index in [4.69, 9.17) is 6.42 Å². The highest BCUT2D eigenvalue weighted by atomic mass is 15.1. The molecule has 0 aromatic heterocycles. The average molecular weight is 413 g/mol. The molecule has 0 atom stereocenters. The van der Waals surface area contributed by atoms with Gasteiger partial charge in [-0.1, -0.05) is 41.3 Å². The van der Waals surface area contributed by atoms with E-state index in [1.165, 1.54) is 11.1 Å². The molecule has 0 radical (unpaired) electrons. The van der Waals surface area contributed by atoms with E-state index < -0.39 is 0 Å². The summed E-state index contributed by atoms with van der Waals surface area (Å²) >= 11 is 0. The number of nitrogens with one attached hydrogen (secondary N) is 1. The van der Waals surface area contributed by atoms with Gasteiger partial charge in [0.15, 0.2) is 0 Å². The van der Waals surface area contributed by atoms with Crippen molar-refractivity contribution in [2.24, 2.45) is 0 Å². The molecule has 1 N–H and O–H groups in total. The van der Waals surface area contributed by atoms with Gasteiger partial charge in [0.1, 0.15) is 0 Å². The summed E-state index contributed by atoms with van der Waals surface area (Å²) in [6, 6.07) is 33.5. The third kappa shape index (κ3) is 5.01. The van der Waals surface area contributed by atoms with Crippen molar-refractivity contribution in [3.8, 4) is 24.2 Å². The van der Waals surface area contributed by atoms with Crippen LogP contribution < -0.4 is 10.2 Å². The first-order chi connectivity index (χ1) is 15.6. The molecule has 0 amide bonds. The number of hydrogen-bond donors (Lipinski definition) is 1. The van der Waals surface area contributed by atoms with Crippen molar-refractivity contribution in [2.45, 2.75) is 13.8 Å². The Morgan fingerprint density at radius 2 is 1.00 bits per heavy atom. The van der Waals surface area contributed by atoms with Gasteiger partial charge < -0.3 is 10.2 Å². The molecule has 32 heavy (non-hydrogen) atoms. The molecule has 0 aliphatic heterocycles. The van der Waals surface area contributed by atoms with Crippen molar-refractivity contribution >= 4 is 28.4 Å². The number of terminal acetylenes is 1. The fourth-order valence-corrected chi connectivity index (χ4v) is 3.44. The highest BCUT2D eigenvalue weighted by Gasteiger charge is 2.12. The van der Waals surface area contributed by atoms with Crippen LogP contribution in [-0.2, 0) is 0 Å². The number of nitrogens with zero attached hydrogens (tertiary/aromatic N) is 1. The molecule has 4 rings (SSSR count). The van der Waals surface area contributed by atoms with Crippen molar-refractivity contribution < 1.29 is 0 Å². The van der Waals surface area contributed by atoms with Gasteiger partial charge in [0.05, 0.1) is 0 Å². The van der Waals surface area contributed by atoms with Gasteiger partial charge in [0.2, 0.25) is 0 Å². The number of benzene rings is 4. The molecule has 0 bridgehead atoms. The summed E-state index contributed by atoms with van der Waals surface area (Å²) in [6.07, 6.45) is 5.25. The molecule has 0 unspecified atom stereocenters. The lowest BCUT2D eigenvalue weighted by Gasteiger charge is -2.26. The van der Waals surface area contributed by atoms with Crippen LogP contribution in [0.4, 0.5) is 28.4 Å². The van der Waals surface area contributed by atoms with Crippen LogP contribution in [0.15, 0.2) is 97.1 Å². The van der Waals surface area contributed by atoms with Crippen LogP contribution in [0.5, 0.6) is 0 Å². The second-order valence-corrected chi connectivity index (χ2v) is 7.65. The van der Waals surface area contributed by atoms with Crippen molar-refractivity contribution in [3.05, 3.63) is 114 Å². The Bertz CT molecular complexity index is 1280. The first-order valence-corrected chi connectivity index (χ1v) is 10.5. The normalized spacial score (nSPS) is 9.91. The summed E-state index contributed by atoms with van der Waals surface area (Å²) in [5, 5.41) is 3.46. The Morgan fingerprint density at radius 1 is 0.594 bits per heavy atom. The monoisotopic (exact) mass is 412 g/mol. The van der Waals surface area contributed by atoms with Gasteiger partial charge in [-0.05, 0) is 98.5 Å². The number of hydrogen-bond acceptors (Lipinski definition) is 2. The van der Waals surface area contributed by atoms with E-state index in [1.807, 2.05) is 12.1 Å². The van der Waals surface area contributed by atoms with Crippen molar-refractivity contribution in [1.82, 2.24) is 0 Å². The second kappa shape index (κ2) is 9.61. The zero-order valence-corrected chi connectivity index (χ0v) is 18.3. The summed E-state index contributed by atoms with van der Waals surface area (Å²) in [7, 11) is 0. The van der Waals surface area contributed by atoms with Crippen molar-refractivity contribution in [2.75, 3.05) is 10.2 Å². The third-order valence-electron chi connectivity index (χ3n) is 5.16. The lowest BCUT2D eigenvalue weighted by atomic mass is 10.1. The van der Waals surface area contributed by atoms with Crippen LogP contribution >= 0.6 is 0 Å². The van der Waals surface area contributed by atoms with Crippen LogP contribution in [0.1, 0.15) is 16.7 Å². The standard InChI is InChI=1S/C30H24N2/c1-4-5-6-25-11-19-29(20-12-25)32(28-17-9-24(3)10-18-28)30-21-15-27(16-22-30)31-26-13-7-23(2)8-14-26/h1,7-22,31H,2-3H3. The van der Waals surface area contributed by atoms with Gasteiger partial charge >= 0.3 is 0 Å². The summed E-state index contributed by atoms with van der Waals surface area (Å²) < 4.78 is 0. The smallest absolute Gasteiger partial charge is 0.0463 e. The third-order valence-corrected chi connectivity index (χ3v) is 5.16. The van der Waals surface area contributed by atoms with Crippen LogP contribution in [0, 0.1) is 38.0 Å². The zero-order valence-electron chi connectivity index (χ0n) is 18.3. The van der Waals surface area contributed by atoms with Crippen LogP contribution in [0.2, 0.25) is 0 Å². The second-order valence-electron chi connectivity index (χ2n) is 7.65. The highest BCUT2D eigenvalue weighted by molar-refractivity contribution is 5.78. The Hall–Kier alpha value is -4.40. The Balaban J connectivity index is 1.66. The minimum atomic E-state index is 0.896. The minimum absolute atomic E-state index is 0.896. The molecule has 0 saturated carbocycles. The average Bonchev–Trinajstić information content (AvgIpc) is 2.82. The van der Waals surface area contributed by atoms with Gasteiger partial charge in [-0.2, -0.15) is 0 Å². The lowest BCUT2D eigenvalue weighted by molar-refractivity contribution is 1.27. The molecule has 0 spiro atoms. The fourth-order valence-electron chi connectivity index (χ4n) is 3.44. The SMILES string of the molecule is C#CC#Cc1ccc(N(c2ccc(C)cc2)c2ccc(Nc3ccc(C)cc3)cc2)cc1. The zero-order chi connectivity index (χ0) is 22.3. The summed E-state index contributed by atoms with van der Waals surface area (Å²) in [4.78, 5) is 2.23. The van der Waals surface area contributed by atoms with E-state index in [0.717, 1.165) is 34.0 Å². The molecule has 0 fully saturated rings. The van der Waals surface area contributed by atoms with Gasteiger partial charge in [-0.3, -0.25) is 0 Å². The van der Waals surface area contributed by atoms with Gasteiger partial charge in [0, 0.05) is 34.0 Å². The van der Waals surface area contributed by atoms with Crippen LogP contribution in [0.3, 0.4) is 0 Å². The van der Waals surface area contributed by atoms with E-state index in [-0.39, 0.29) is 0 Å². The predicted octanol–water partition coefficient (Wildman–Crippen LogP) is 7.50. The summed E-state index contributed by atoms with van der Waals surface area (Å²) in [5.41, 5.74) is 8.71. The first kappa shape index (κ1) is 20.9. The molecule has 154 valence electrons. The number of aryl methyl sites for hydroxylation is 2. The molecule has 0 aliphatic carbocycles. The van der Waals surface area contributed by atoms with E-state index in [9.17, 15) is 0 Å². The van der Waals surface area contributed by atoms with E-state index in [0.29, 0.717) is 0 Å². The van der Waals surface area contributed by atoms with Crippen molar-refractivity contribution in [1.29, 1.82) is 0 Å². The lowest BCUT2D eigenvalue weighted by Crippen LogP contribution is -2.10. The van der Waals surface area contributed by atoms with Crippen LogP contribution in [-0.4, -0.2) is 0 Å². The van der Waals surface area contributed by atoms with Gasteiger partial charge in [-0.25, -0.2) is 0 Å². The topological polar surface area (TPSA) is 15.3 Å². The Labute approximate surface area is 190 Å². The van der Waals surface area contributed by atoms with E-state index >= 15 is 0 Å². The van der Waals surface area contributed by atoms with E-state index in [2.05, 4.69) is 127 Å². The maximum atomic E-state index is 5.25. The molecule has 2 heteroatoms. The van der Waals surface area contributed by atoms with Gasteiger partial charge in [-0.15, -0.1) is 6.42 Å². The fraction of sp³-hybridized carbons (Fsp3) is 0.0667. The number of rotatable bonds is 5. The largest absolute Gasteiger partial charge is 0.356 e. The molecular weight excluding hydrogens is 388 g/mol. The quantitative estimate of drug-likeness (QED) is 0.341. The maximum absolute atomic E-state index is 5.25. The van der Waals surface area contributed by atoms with Crippen molar-refractivity contribution in [3.63, 3.8) is 0 Å². The molecule has 0 aliphatic rings. The molecule has 2 nitrogen and oxygen atoms in total. The van der Waals surface area contributed by atoms with E-state index in [1.54, 1.807) is 0 Å². The Morgan fingerprint density at radius 3 is 1.50 bits per heavy atom. The number of anilines is 5. The highest BCUT2D eigenvalue weighted by Crippen LogP contribution is 2.35. The predicted molar refractivity (Wildman–Crippen MR) is 136 cm³/mol.